The number of nitrogens with one attached hydrogen (secondary N) is 1. The van der Waals surface area contributed by atoms with E-state index in [2.05, 4.69) is 5.32 Å². The number of aliphatic carboxylic acids is 1. The Morgan fingerprint density at radius 1 is 1.38 bits per heavy atom. The van der Waals surface area contributed by atoms with E-state index in [0.717, 1.165) is 12.8 Å². The molecule has 0 aliphatic heterocycles. The Labute approximate surface area is 95.4 Å². The number of carboxylic acid groups (broad SMARTS) is 1. The molecule has 1 aliphatic rings. The van der Waals surface area contributed by atoms with Crippen molar-refractivity contribution in [3.63, 3.8) is 0 Å². The summed E-state index contributed by atoms with van der Waals surface area (Å²) in [5, 5.41) is 11.6. The van der Waals surface area contributed by atoms with Crippen molar-refractivity contribution >= 4 is 11.9 Å². The minimum absolute atomic E-state index is 0.139. The third-order valence-electron chi connectivity index (χ3n) is 3.17. The first kappa shape index (κ1) is 13.0. The monoisotopic (exact) mass is 228 g/mol. The van der Waals surface area contributed by atoms with Gasteiger partial charge in [0.2, 0.25) is 5.91 Å². The molecule has 0 unspecified atom stereocenters. The number of nitrogens with two attached hydrogens (primary N) is 1. The third-order valence-corrected chi connectivity index (χ3v) is 3.17. The average molecular weight is 228 g/mol. The molecule has 1 aliphatic carbocycles. The molecule has 0 bridgehead atoms. The minimum Gasteiger partial charge on any atom is -0.481 e. The van der Waals surface area contributed by atoms with Crippen molar-refractivity contribution in [3.8, 4) is 0 Å². The van der Waals surface area contributed by atoms with Gasteiger partial charge in [-0.2, -0.15) is 0 Å². The van der Waals surface area contributed by atoms with E-state index in [1.165, 1.54) is 0 Å². The number of amides is 1. The molecule has 0 saturated heterocycles. The summed E-state index contributed by atoms with van der Waals surface area (Å²) in [7, 11) is 0. The Morgan fingerprint density at radius 3 is 2.38 bits per heavy atom. The molecule has 0 spiro atoms. The number of carbonyl (C=O) groups excluding carboxylic acids is 1. The molecule has 1 amide bonds. The Balaban J connectivity index is 2.22. The average Bonchev–Trinajstić information content (AvgIpc) is 2.26. The van der Waals surface area contributed by atoms with Gasteiger partial charge in [-0.05, 0) is 38.5 Å². The van der Waals surface area contributed by atoms with Gasteiger partial charge in [-0.15, -0.1) is 0 Å². The van der Waals surface area contributed by atoms with Gasteiger partial charge in [0, 0.05) is 6.54 Å². The lowest BCUT2D eigenvalue weighted by Crippen LogP contribution is -2.41. The Bertz CT molecular complexity index is 258. The number of hydrogen-bond acceptors (Lipinski definition) is 3. The molecular weight excluding hydrogens is 208 g/mol. The highest BCUT2D eigenvalue weighted by Gasteiger charge is 2.26. The summed E-state index contributed by atoms with van der Waals surface area (Å²) in [4.78, 5) is 22.0. The van der Waals surface area contributed by atoms with Gasteiger partial charge in [-0.3, -0.25) is 9.59 Å². The van der Waals surface area contributed by atoms with Crippen LogP contribution >= 0.6 is 0 Å². The third kappa shape index (κ3) is 3.81. The van der Waals surface area contributed by atoms with Gasteiger partial charge in [-0.25, -0.2) is 0 Å². The Morgan fingerprint density at radius 2 is 1.94 bits per heavy atom. The topological polar surface area (TPSA) is 92.4 Å². The lowest BCUT2D eigenvalue weighted by atomic mass is 9.82. The molecule has 0 heterocycles. The number of carbonyl (C=O) groups is 2. The molecule has 0 aromatic rings. The molecule has 4 N–H and O–H groups in total. The fourth-order valence-electron chi connectivity index (χ4n) is 2.02. The van der Waals surface area contributed by atoms with Crippen molar-refractivity contribution in [1.82, 2.24) is 5.32 Å². The number of hydrogen-bond donors (Lipinski definition) is 3. The summed E-state index contributed by atoms with van der Waals surface area (Å²) in [6.07, 6.45) is 3.18. The van der Waals surface area contributed by atoms with Gasteiger partial charge >= 0.3 is 5.97 Å². The maximum absolute atomic E-state index is 11.2. The first-order chi connectivity index (χ1) is 7.50. The maximum Gasteiger partial charge on any atom is 0.306 e. The summed E-state index contributed by atoms with van der Waals surface area (Å²) >= 11 is 0. The van der Waals surface area contributed by atoms with E-state index in [4.69, 9.17) is 10.8 Å². The fourth-order valence-corrected chi connectivity index (χ4v) is 2.02. The number of carboxylic acids is 1. The largest absolute Gasteiger partial charge is 0.481 e. The van der Waals surface area contributed by atoms with Gasteiger partial charge in [0.25, 0.3) is 0 Å². The molecule has 16 heavy (non-hydrogen) atoms. The van der Waals surface area contributed by atoms with Crippen molar-refractivity contribution in [2.75, 3.05) is 6.54 Å². The predicted octanol–water partition coefficient (Wildman–Crippen LogP) is 0.341. The van der Waals surface area contributed by atoms with Crippen molar-refractivity contribution in [2.45, 2.75) is 38.6 Å². The molecule has 5 heteroatoms. The van der Waals surface area contributed by atoms with Crippen LogP contribution in [0.3, 0.4) is 0 Å². The summed E-state index contributed by atoms with van der Waals surface area (Å²) in [6, 6.07) is -0.477. The van der Waals surface area contributed by atoms with Crippen molar-refractivity contribution < 1.29 is 14.7 Å². The van der Waals surface area contributed by atoms with Crippen LogP contribution in [-0.4, -0.2) is 29.6 Å². The van der Waals surface area contributed by atoms with Crippen molar-refractivity contribution in [3.05, 3.63) is 0 Å². The van der Waals surface area contributed by atoms with E-state index in [1.807, 2.05) is 0 Å². The van der Waals surface area contributed by atoms with Crippen LogP contribution in [0.5, 0.6) is 0 Å². The van der Waals surface area contributed by atoms with E-state index in [0.29, 0.717) is 25.3 Å². The molecule has 0 aromatic heterocycles. The van der Waals surface area contributed by atoms with Gasteiger partial charge in [0.15, 0.2) is 0 Å². The lowest BCUT2D eigenvalue weighted by Gasteiger charge is -2.26. The molecule has 92 valence electrons. The Hall–Kier alpha value is -1.10. The van der Waals surface area contributed by atoms with Crippen LogP contribution in [0.2, 0.25) is 0 Å². The van der Waals surface area contributed by atoms with E-state index < -0.39 is 12.0 Å². The molecule has 5 nitrogen and oxygen atoms in total. The SMILES string of the molecule is C[C@H](N)C(=O)NCC1CCC(C(=O)O)CC1. The maximum atomic E-state index is 11.2. The zero-order chi connectivity index (χ0) is 12.1. The second-order valence-corrected chi connectivity index (χ2v) is 4.59. The van der Waals surface area contributed by atoms with Crippen LogP contribution in [0.1, 0.15) is 32.6 Å². The fraction of sp³-hybridized carbons (Fsp3) is 0.818. The predicted molar refractivity (Wildman–Crippen MR) is 59.7 cm³/mol. The van der Waals surface area contributed by atoms with E-state index in [1.54, 1.807) is 6.92 Å². The van der Waals surface area contributed by atoms with Crippen LogP contribution in [-0.2, 0) is 9.59 Å². The van der Waals surface area contributed by atoms with Gasteiger partial charge in [0.05, 0.1) is 12.0 Å². The van der Waals surface area contributed by atoms with Crippen molar-refractivity contribution in [2.24, 2.45) is 17.6 Å². The second kappa shape index (κ2) is 5.84. The zero-order valence-electron chi connectivity index (χ0n) is 9.61. The summed E-state index contributed by atoms with van der Waals surface area (Å²) in [6.45, 7) is 2.27. The zero-order valence-corrected chi connectivity index (χ0v) is 9.61. The highest BCUT2D eigenvalue weighted by atomic mass is 16.4. The minimum atomic E-state index is -0.696. The molecule has 1 rings (SSSR count). The van der Waals surface area contributed by atoms with Crippen molar-refractivity contribution in [1.29, 1.82) is 0 Å². The van der Waals surface area contributed by atoms with Gasteiger partial charge < -0.3 is 16.2 Å². The molecule has 1 fully saturated rings. The van der Waals surface area contributed by atoms with Crippen LogP contribution in [0, 0.1) is 11.8 Å². The molecular formula is C11H20N2O3. The van der Waals surface area contributed by atoms with E-state index >= 15 is 0 Å². The summed E-state index contributed by atoms with van der Waals surface area (Å²) in [5.74, 6) is -0.628. The first-order valence-corrected chi connectivity index (χ1v) is 5.76. The quantitative estimate of drug-likeness (QED) is 0.647. The highest BCUT2D eigenvalue weighted by molar-refractivity contribution is 5.80. The second-order valence-electron chi connectivity index (χ2n) is 4.59. The molecule has 1 saturated carbocycles. The lowest BCUT2D eigenvalue weighted by molar-refractivity contribution is -0.143. The smallest absolute Gasteiger partial charge is 0.306 e. The highest BCUT2D eigenvalue weighted by Crippen LogP contribution is 2.28. The van der Waals surface area contributed by atoms with Gasteiger partial charge in [-0.1, -0.05) is 0 Å². The van der Waals surface area contributed by atoms with Crippen LogP contribution in [0.15, 0.2) is 0 Å². The molecule has 0 radical (unpaired) electrons. The van der Waals surface area contributed by atoms with Gasteiger partial charge in [0.1, 0.15) is 0 Å². The Kier molecular flexibility index (Phi) is 4.73. The van der Waals surface area contributed by atoms with E-state index in [9.17, 15) is 9.59 Å². The summed E-state index contributed by atoms with van der Waals surface area (Å²) in [5.41, 5.74) is 5.42. The molecule has 1 atom stereocenters. The normalized spacial score (nSPS) is 27.1. The van der Waals surface area contributed by atoms with E-state index in [-0.39, 0.29) is 11.8 Å². The number of rotatable bonds is 4. The summed E-state index contributed by atoms with van der Waals surface area (Å²) < 4.78 is 0. The van der Waals surface area contributed by atoms with Crippen LogP contribution < -0.4 is 11.1 Å². The molecule has 0 aromatic carbocycles. The van der Waals surface area contributed by atoms with Crippen LogP contribution in [0.25, 0.3) is 0 Å². The van der Waals surface area contributed by atoms with Crippen LogP contribution in [0.4, 0.5) is 0 Å². The standard InChI is InChI=1S/C11H20N2O3/c1-7(12)10(14)13-6-8-2-4-9(5-3-8)11(15)16/h7-9H,2-6,12H2,1H3,(H,13,14)(H,15,16)/t7-,8?,9?/m0/s1. The first-order valence-electron chi connectivity index (χ1n) is 5.76.